The molecule has 2 aromatic carbocycles. The van der Waals surface area contributed by atoms with Gasteiger partial charge in [-0.2, -0.15) is 0 Å². The Kier molecular flexibility index (Phi) is 8.84. The normalized spacial score (nSPS) is 17.1. The van der Waals surface area contributed by atoms with Crippen molar-refractivity contribution in [1.82, 2.24) is 4.90 Å². The summed E-state index contributed by atoms with van der Waals surface area (Å²) >= 11 is 5.97. The van der Waals surface area contributed by atoms with Crippen LogP contribution in [0.1, 0.15) is 31.4 Å². The number of halogens is 2. The van der Waals surface area contributed by atoms with Crippen LogP contribution in [-0.2, 0) is 16.1 Å². The summed E-state index contributed by atoms with van der Waals surface area (Å²) in [5, 5.41) is 15.4. The van der Waals surface area contributed by atoms with Gasteiger partial charge in [-0.25, -0.2) is 4.39 Å². The molecule has 5 nitrogen and oxygen atoms in total. The van der Waals surface area contributed by atoms with Crippen LogP contribution in [0.4, 0.5) is 4.39 Å². The summed E-state index contributed by atoms with van der Waals surface area (Å²) in [6, 6.07) is 14.2. The topological polar surface area (TPSA) is 54.3 Å². The number of oxime groups is 1. The van der Waals surface area contributed by atoms with Crippen LogP contribution >= 0.6 is 11.6 Å². The molecule has 0 radical (unpaired) electrons. The monoisotopic (exact) mass is 448 g/mol. The molecule has 0 amide bonds. The number of hydrogen-bond donors (Lipinski definition) is 1. The Labute approximate surface area is 188 Å². The van der Waals surface area contributed by atoms with Crippen molar-refractivity contribution in [3.63, 3.8) is 0 Å². The first-order chi connectivity index (χ1) is 14.9. The second-order valence-electron chi connectivity index (χ2n) is 8.35. The van der Waals surface area contributed by atoms with Crippen LogP contribution in [0.3, 0.4) is 0 Å². The highest BCUT2D eigenvalue weighted by atomic mass is 35.5. The van der Waals surface area contributed by atoms with E-state index in [4.69, 9.17) is 21.2 Å². The quantitative estimate of drug-likeness (QED) is 0.549. The molecule has 0 spiro atoms. The van der Waals surface area contributed by atoms with Gasteiger partial charge in [0.2, 0.25) is 0 Å². The van der Waals surface area contributed by atoms with E-state index >= 15 is 0 Å². The predicted octanol–water partition coefficient (Wildman–Crippen LogP) is 4.51. The van der Waals surface area contributed by atoms with Gasteiger partial charge in [-0.05, 0) is 29.7 Å². The van der Waals surface area contributed by atoms with Gasteiger partial charge in [0, 0.05) is 43.2 Å². The molecule has 0 fully saturated rings. The number of rotatable bonds is 11. The molecule has 2 aromatic rings. The van der Waals surface area contributed by atoms with Gasteiger partial charge in [0.05, 0.1) is 18.4 Å². The molecule has 0 aromatic heterocycles. The van der Waals surface area contributed by atoms with Gasteiger partial charge in [-0.1, -0.05) is 60.9 Å². The van der Waals surface area contributed by atoms with Crippen molar-refractivity contribution in [3.05, 3.63) is 70.5 Å². The molecule has 3 rings (SSSR count). The summed E-state index contributed by atoms with van der Waals surface area (Å²) in [7, 11) is 0. The van der Waals surface area contributed by atoms with E-state index in [0.717, 1.165) is 11.3 Å². The minimum atomic E-state index is -0.677. The van der Waals surface area contributed by atoms with Crippen molar-refractivity contribution in [2.24, 2.45) is 11.1 Å². The summed E-state index contributed by atoms with van der Waals surface area (Å²) < 4.78 is 19.8. The van der Waals surface area contributed by atoms with Gasteiger partial charge >= 0.3 is 0 Å². The van der Waals surface area contributed by atoms with E-state index in [0.29, 0.717) is 49.2 Å². The molecule has 7 heteroatoms. The minimum Gasteiger partial charge on any atom is -0.390 e. The summed E-state index contributed by atoms with van der Waals surface area (Å²) in [4.78, 5) is 7.64. The van der Waals surface area contributed by atoms with Gasteiger partial charge in [-0.15, -0.1) is 0 Å². The summed E-state index contributed by atoms with van der Waals surface area (Å²) in [5.41, 5.74) is 2.40. The number of aliphatic hydroxyl groups is 1. The lowest BCUT2D eigenvalue weighted by atomic mass is 10.0. The lowest BCUT2D eigenvalue weighted by Gasteiger charge is -2.27. The smallest absolute Gasteiger partial charge is 0.145 e. The third-order valence-electron chi connectivity index (χ3n) is 4.95. The van der Waals surface area contributed by atoms with E-state index in [1.165, 1.54) is 6.07 Å². The molecule has 2 unspecified atom stereocenters. The zero-order chi connectivity index (χ0) is 22.2. The fraction of sp³-hybridized carbons (Fsp3) is 0.458. The molecule has 0 bridgehead atoms. The molecule has 0 aliphatic carbocycles. The Morgan fingerprint density at radius 2 is 1.94 bits per heavy atom. The Morgan fingerprint density at radius 1 is 1.19 bits per heavy atom. The number of hydrogen-bond acceptors (Lipinski definition) is 5. The van der Waals surface area contributed by atoms with Crippen molar-refractivity contribution < 1.29 is 19.1 Å². The molecule has 1 N–H and O–H groups in total. The molecule has 0 saturated heterocycles. The van der Waals surface area contributed by atoms with E-state index in [1.54, 1.807) is 12.1 Å². The maximum atomic E-state index is 14.2. The predicted molar refractivity (Wildman–Crippen MR) is 121 cm³/mol. The van der Waals surface area contributed by atoms with Crippen LogP contribution in [0.5, 0.6) is 0 Å². The van der Waals surface area contributed by atoms with Gasteiger partial charge in [0.1, 0.15) is 11.9 Å². The van der Waals surface area contributed by atoms with Crippen LogP contribution in [0.2, 0.25) is 5.02 Å². The highest BCUT2D eigenvalue weighted by Crippen LogP contribution is 2.20. The standard InChI is InChI=1S/C24H30ClFN2O3/c1-17(2)15-30-16-21(29)13-28(12-19-5-3-4-6-23(19)26)14-22-11-24(27-31-22)18-7-9-20(25)10-8-18/h3-10,17,21-22,29H,11-16H2,1-2H3. The lowest BCUT2D eigenvalue weighted by molar-refractivity contribution is -0.00755. The number of benzene rings is 2. The van der Waals surface area contributed by atoms with Crippen LogP contribution in [0.25, 0.3) is 0 Å². The first-order valence-electron chi connectivity index (χ1n) is 10.6. The molecule has 1 aliphatic heterocycles. The lowest BCUT2D eigenvalue weighted by Crippen LogP contribution is -2.39. The molecule has 168 valence electrons. The number of aliphatic hydroxyl groups excluding tert-OH is 1. The van der Waals surface area contributed by atoms with Gasteiger partial charge < -0.3 is 14.7 Å². The SMILES string of the molecule is CC(C)COCC(O)CN(Cc1ccccc1F)CC1CC(c2ccc(Cl)cc2)=NO1. The Balaban J connectivity index is 1.61. The van der Waals surface area contributed by atoms with Crippen LogP contribution in [0, 0.1) is 11.7 Å². The highest BCUT2D eigenvalue weighted by Gasteiger charge is 2.26. The fourth-order valence-corrected chi connectivity index (χ4v) is 3.61. The average molecular weight is 449 g/mol. The summed E-state index contributed by atoms with van der Waals surface area (Å²) in [6.07, 6.45) is -0.222. The Hall–Kier alpha value is -1.99. The zero-order valence-corrected chi connectivity index (χ0v) is 18.8. The van der Waals surface area contributed by atoms with Crippen LogP contribution in [-0.4, -0.2) is 54.2 Å². The Morgan fingerprint density at radius 3 is 2.65 bits per heavy atom. The molecule has 31 heavy (non-hydrogen) atoms. The molecule has 1 heterocycles. The van der Waals surface area contributed by atoms with E-state index in [2.05, 4.69) is 19.0 Å². The average Bonchev–Trinajstić information content (AvgIpc) is 3.18. The first kappa shape index (κ1) is 23.7. The first-order valence-corrected chi connectivity index (χ1v) is 11.0. The van der Waals surface area contributed by atoms with E-state index in [-0.39, 0.29) is 18.5 Å². The minimum absolute atomic E-state index is 0.179. The molecular weight excluding hydrogens is 419 g/mol. The van der Waals surface area contributed by atoms with E-state index in [1.807, 2.05) is 35.2 Å². The fourth-order valence-electron chi connectivity index (χ4n) is 3.49. The second-order valence-corrected chi connectivity index (χ2v) is 8.78. The summed E-state index contributed by atoms with van der Waals surface area (Å²) in [6.45, 7) is 6.18. The van der Waals surface area contributed by atoms with Gasteiger partial charge in [0.15, 0.2) is 0 Å². The number of ether oxygens (including phenoxy) is 1. The van der Waals surface area contributed by atoms with Crippen molar-refractivity contribution in [1.29, 1.82) is 0 Å². The molecule has 1 aliphatic rings. The van der Waals surface area contributed by atoms with Crippen LogP contribution in [0.15, 0.2) is 53.7 Å². The zero-order valence-electron chi connectivity index (χ0n) is 18.0. The Bertz CT molecular complexity index is 860. The third kappa shape index (κ3) is 7.58. The van der Waals surface area contributed by atoms with Crippen molar-refractivity contribution in [2.45, 2.75) is 39.0 Å². The summed E-state index contributed by atoms with van der Waals surface area (Å²) in [5.74, 6) is 0.139. The van der Waals surface area contributed by atoms with Crippen molar-refractivity contribution in [2.75, 3.05) is 26.3 Å². The highest BCUT2D eigenvalue weighted by molar-refractivity contribution is 6.30. The molecule has 2 atom stereocenters. The van der Waals surface area contributed by atoms with E-state index < -0.39 is 6.10 Å². The third-order valence-corrected chi connectivity index (χ3v) is 5.21. The van der Waals surface area contributed by atoms with Gasteiger partial charge in [-0.3, -0.25) is 4.90 Å². The second kappa shape index (κ2) is 11.6. The molecular formula is C24H30ClFN2O3. The van der Waals surface area contributed by atoms with Gasteiger partial charge in [0.25, 0.3) is 0 Å². The van der Waals surface area contributed by atoms with Crippen LogP contribution < -0.4 is 0 Å². The largest absolute Gasteiger partial charge is 0.390 e. The van der Waals surface area contributed by atoms with Crippen molar-refractivity contribution in [3.8, 4) is 0 Å². The maximum Gasteiger partial charge on any atom is 0.145 e. The van der Waals surface area contributed by atoms with E-state index in [9.17, 15) is 9.50 Å². The maximum absolute atomic E-state index is 14.2. The number of nitrogens with zero attached hydrogens (tertiary/aromatic N) is 2. The molecule has 0 saturated carbocycles. The van der Waals surface area contributed by atoms with Crippen molar-refractivity contribution >= 4 is 17.3 Å².